The Balaban J connectivity index is 3.28. The molecule has 0 radical (unpaired) electrons. The van der Waals surface area contributed by atoms with Crippen LogP contribution in [0.5, 0.6) is 0 Å². The third-order valence-electron chi connectivity index (χ3n) is 3.41. The zero-order valence-corrected chi connectivity index (χ0v) is 15.3. The van der Waals surface area contributed by atoms with Gasteiger partial charge in [-0.05, 0) is 5.53 Å². The van der Waals surface area contributed by atoms with Gasteiger partial charge in [-0.2, -0.15) is 0 Å². The third kappa shape index (κ3) is 7.12. The molecule has 1 aliphatic heterocycles. The maximum atomic E-state index is 11.6. The molecule has 0 aromatic heterocycles. The van der Waals surface area contributed by atoms with Crippen LogP contribution in [0.3, 0.4) is 0 Å². The lowest BCUT2D eigenvalue weighted by Crippen LogP contribution is -2.63. The molecule has 150 valence electrons. The Morgan fingerprint density at radius 2 is 1.33 bits per heavy atom. The predicted molar refractivity (Wildman–Crippen MR) is 86.0 cm³/mol. The smallest absolute Gasteiger partial charge is 0.303 e. The van der Waals surface area contributed by atoms with Gasteiger partial charge in [0.05, 0.1) is 6.54 Å². The maximum Gasteiger partial charge on any atom is 0.303 e. The molecule has 0 aromatic carbocycles. The van der Waals surface area contributed by atoms with Crippen molar-refractivity contribution in [3.05, 3.63) is 10.4 Å². The molecule has 0 unspecified atom stereocenters. The molecule has 1 fully saturated rings. The van der Waals surface area contributed by atoms with Gasteiger partial charge in [-0.1, -0.05) is 5.11 Å². The van der Waals surface area contributed by atoms with Crippen molar-refractivity contribution < 1.29 is 42.9 Å². The summed E-state index contributed by atoms with van der Waals surface area (Å²) in [6.07, 6.45) is -5.77. The number of ether oxygens (including phenoxy) is 5. The molecule has 1 rings (SSSR count). The van der Waals surface area contributed by atoms with Crippen LogP contribution >= 0.6 is 0 Å². The molecule has 5 atom stereocenters. The van der Waals surface area contributed by atoms with Crippen molar-refractivity contribution >= 4 is 23.9 Å². The second-order valence-corrected chi connectivity index (χ2v) is 5.65. The van der Waals surface area contributed by atoms with Gasteiger partial charge in [0.25, 0.3) is 0 Å². The molecule has 0 aromatic rings. The highest BCUT2D eigenvalue weighted by Gasteiger charge is 2.51. The van der Waals surface area contributed by atoms with Gasteiger partial charge in [0.1, 0.15) is 18.8 Å². The monoisotopic (exact) mass is 387 g/mol. The van der Waals surface area contributed by atoms with E-state index < -0.39 is 54.4 Å². The summed E-state index contributed by atoms with van der Waals surface area (Å²) in [6, 6.07) is 0. The van der Waals surface area contributed by atoms with E-state index in [1.54, 1.807) is 0 Å². The summed E-state index contributed by atoms with van der Waals surface area (Å²) < 4.78 is 26.2. The Bertz CT molecular complexity index is 632. The van der Waals surface area contributed by atoms with Crippen LogP contribution in [0.1, 0.15) is 27.7 Å². The number of nitrogens with zero attached hydrogens (tertiary/aromatic N) is 3. The molecule has 0 amide bonds. The molecule has 0 spiro atoms. The van der Waals surface area contributed by atoms with Crippen molar-refractivity contribution in [2.45, 2.75) is 58.2 Å². The summed E-state index contributed by atoms with van der Waals surface area (Å²) in [6.45, 7) is 3.95. The highest BCUT2D eigenvalue weighted by Crippen LogP contribution is 2.29. The molecule has 27 heavy (non-hydrogen) atoms. The first-order valence-electron chi connectivity index (χ1n) is 7.97. The second-order valence-electron chi connectivity index (χ2n) is 5.65. The SMILES string of the molecule is CC(=O)OC[C@H]1O[C@H](CN=[N+]=[N-])[C@H](OC(C)=O)[C@@H](OC(C)=O)[C@H]1OC(C)=O. The van der Waals surface area contributed by atoms with Crippen LogP contribution in [0.15, 0.2) is 5.11 Å². The molecule has 12 nitrogen and oxygen atoms in total. The van der Waals surface area contributed by atoms with E-state index in [0.29, 0.717) is 0 Å². The van der Waals surface area contributed by atoms with Crippen molar-refractivity contribution in [3.8, 4) is 0 Å². The zero-order valence-electron chi connectivity index (χ0n) is 15.3. The number of hydrogen-bond donors (Lipinski definition) is 0. The normalized spacial score (nSPS) is 26.9. The lowest BCUT2D eigenvalue weighted by Gasteiger charge is -2.44. The minimum Gasteiger partial charge on any atom is -0.463 e. The molecule has 0 saturated carbocycles. The van der Waals surface area contributed by atoms with Crippen LogP contribution in [0.25, 0.3) is 10.4 Å². The molecular weight excluding hydrogens is 366 g/mol. The van der Waals surface area contributed by atoms with E-state index in [1.807, 2.05) is 0 Å². The van der Waals surface area contributed by atoms with Crippen molar-refractivity contribution in [3.63, 3.8) is 0 Å². The van der Waals surface area contributed by atoms with E-state index in [-0.39, 0.29) is 13.2 Å². The standard InChI is InChI=1S/C15H21N3O9/c1-7(19)23-6-12-14(25-9(3)21)15(26-10(4)22)13(24-8(2)20)11(27-12)5-17-18-16/h11-15H,5-6H2,1-4H3/t11-,12-,13+,14+,15-/m1/s1. The second kappa shape index (κ2) is 10.3. The number of carbonyl (C=O) groups is 4. The predicted octanol–water partition coefficient (Wildman–Crippen LogP) is 0.422. The first-order valence-corrected chi connectivity index (χ1v) is 7.97. The summed E-state index contributed by atoms with van der Waals surface area (Å²) in [5, 5.41) is 3.39. The molecule has 0 aliphatic carbocycles. The fourth-order valence-corrected chi connectivity index (χ4v) is 2.58. The number of azide groups is 1. The third-order valence-corrected chi connectivity index (χ3v) is 3.41. The van der Waals surface area contributed by atoms with Gasteiger partial charge in [-0.3, -0.25) is 19.2 Å². The van der Waals surface area contributed by atoms with E-state index in [4.69, 9.17) is 29.2 Å². The minimum absolute atomic E-state index is 0.268. The van der Waals surface area contributed by atoms with Gasteiger partial charge in [-0.25, -0.2) is 0 Å². The van der Waals surface area contributed by atoms with Gasteiger partial charge in [-0.15, -0.1) is 0 Å². The molecule has 1 aliphatic rings. The topological polar surface area (TPSA) is 163 Å². The lowest BCUT2D eigenvalue weighted by molar-refractivity contribution is -0.250. The number of esters is 4. The summed E-state index contributed by atoms with van der Waals surface area (Å²) in [5.41, 5.74) is 8.56. The summed E-state index contributed by atoms with van der Waals surface area (Å²) in [5.74, 6) is -2.78. The molecular formula is C15H21N3O9. The largest absolute Gasteiger partial charge is 0.463 e. The summed E-state index contributed by atoms with van der Waals surface area (Å²) >= 11 is 0. The van der Waals surface area contributed by atoms with Crippen LogP contribution in [0, 0.1) is 0 Å². The summed E-state index contributed by atoms with van der Waals surface area (Å²) in [4.78, 5) is 48.3. The van der Waals surface area contributed by atoms with Crippen molar-refractivity contribution in [2.75, 3.05) is 13.2 Å². The van der Waals surface area contributed by atoms with E-state index in [9.17, 15) is 19.2 Å². The van der Waals surface area contributed by atoms with Crippen LogP contribution in [-0.2, 0) is 42.9 Å². The van der Waals surface area contributed by atoms with Gasteiger partial charge in [0.2, 0.25) is 0 Å². The zero-order chi connectivity index (χ0) is 20.6. The average molecular weight is 387 g/mol. The maximum absolute atomic E-state index is 11.6. The Labute approximate surface area is 154 Å². The van der Waals surface area contributed by atoms with Gasteiger partial charge in [0.15, 0.2) is 18.3 Å². The van der Waals surface area contributed by atoms with Crippen LogP contribution in [-0.4, -0.2) is 67.5 Å². The van der Waals surface area contributed by atoms with E-state index in [0.717, 1.165) is 20.8 Å². The van der Waals surface area contributed by atoms with E-state index in [1.165, 1.54) is 6.92 Å². The quantitative estimate of drug-likeness (QED) is 0.198. The van der Waals surface area contributed by atoms with E-state index >= 15 is 0 Å². The molecule has 1 heterocycles. The van der Waals surface area contributed by atoms with Crippen LogP contribution < -0.4 is 0 Å². The number of carbonyl (C=O) groups excluding carboxylic acids is 4. The number of rotatable bonds is 7. The fraction of sp³-hybridized carbons (Fsp3) is 0.733. The Morgan fingerprint density at radius 1 is 0.852 bits per heavy atom. The van der Waals surface area contributed by atoms with Gasteiger partial charge in [0, 0.05) is 32.6 Å². The Kier molecular flexibility index (Phi) is 8.49. The molecule has 0 bridgehead atoms. The fourth-order valence-electron chi connectivity index (χ4n) is 2.58. The highest BCUT2D eigenvalue weighted by molar-refractivity contribution is 5.68. The number of hydrogen-bond acceptors (Lipinski definition) is 10. The van der Waals surface area contributed by atoms with Crippen molar-refractivity contribution in [1.29, 1.82) is 0 Å². The molecule has 1 saturated heterocycles. The first-order chi connectivity index (χ1) is 12.6. The van der Waals surface area contributed by atoms with Gasteiger partial charge >= 0.3 is 23.9 Å². The van der Waals surface area contributed by atoms with E-state index in [2.05, 4.69) is 10.0 Å². The lowest BCUT2D eigenvalue weighted by atomic mass is 9.94. The Morgan fingerprint density at radius 3 is 1.78 bits per heavy atom. The van der Waals surface area contributed by atoms with Crippen molar-refractivity contribution in [1.82, 2.24) is 0 Å². The molecule has 12 heteroatoms. The average Bonchev–Trinajstić information content (AvgIpc) is 2.54. The van der Waals surface area contributed by atoms with Crippen molar-refractivity contribution in [2.24, 2.45) is 5.11 Å². The highest BCUT2D eigenvalue weighted by atomic mass is 16.7. The summed E-state index contributed by atoms with van der Waals surface area (Å²) in [7, 11) is 0. The molecule has 0 N–H and O–H groups in total. The first kappa shape index (κ1) is 22.2. The van der Waals surface area contributed by atoms with Crippen LogP contribution in [0.2, 0.25) is 0 Å². The van der Waals surface area contributed by atoms with Gasteiger partial charge < -0.3 is 23.7 Å². The van der Waals surface area contributed by atoms with Crippen LogP contribution in [0.4, 0.5) is 0 Å². The minimum atomic E-state index is -1.26. The Hall–Kier alpha value is -2.85.